The van der Waals surface area contributed by atoms with Crippen molar-refractivity contribution >= 4 is 0 Å². The second-order valence-electron chi connectivity index (χ2n) is 4.42. The van der Waals surface area contributed by atoms with Crippen LogP contribution < -0.4 is 0 Å². The van der Waals surface area contributed by atoms with Gasteiger partial charge in [-0.1, -0.05) is 38.1 Å². The summed E-state index contributed by atoms with van der Waals surface area (Å²) in [7, 11) is 0. The highest BCUT2D eigenvalue weighted by molar-refractivity contribution is 5.77. The quantitative estimate of drug-likeness (QED) is 0.857. The van der Waals surface area contributed by atoms with Gasteiger partial charge in [-0.25, -0.2) is 0 Å². The highest BCUT2D eigenvalue weighted by Gasteiger charge is 2.11. The minimum absolute atomic E-state index is 0.116. The van der Waals surface area contributed by atoms with Crippen molar-refractivity contribution < 1.29 is 10.2 Å². The number of benzene rings is 2. The van der Waals surface area contributed by atoms with Crippen molar-refractivity contribution in [2.24, 2.45) is 0 Å². The Morgan fingerprint density at radius 2 is 1.33 bits per heavy atom. The summed E-state index contributed by atoms with van der Waals surface area (Å²) in [5, 5.41) is 19.8. The van der Waals surface area contributed by atoms with Gasteiger partial charge in [-0.05, 0) is 41.7 Å². The van der Waals surface area contributed by atoms with Crippen LogP contribution in [0.25, 0.3) is 11.1 Å². The van der Waals surface area contributed by atoms with Crippen LogP contribution in [-0.4, -0.2) is 10.2 Å². The number of phenolic OH excluding ortho intramolecular Hbond substituents is 2. The van der Waals surface area contributed by atoms with Gasteiger partial charge in [-0.3, -0.25) is 0 Å². The number of rotatable bonds is 3. The molecule has 0 heterocycles. The first-order chi connectivity index (χ1) is 8.65. The van der Waals surface area contributed by atoms with Crippen LogP contribution in [0.4, 0.5) is 0 Å². The van der Waals surface area contributed by atoms with Crippen LogP contribution in [0.15, 0.2) is 36.4 Å². The zero-order chi connectivity index (χ0) is 13.1. The van der Waals surface area contributed by atoms with E-state index in [1.54, 1.807) is 18.2 Å². The molecule has 2 aromatic rings. The number of hydrogen-bond acceptors (Lipinski definition) is 2. The highest BCUT2D eigenvalue weighted by Crippen LogP contribution is 2.37. The van der Waals surface area contributed by atoms with Crippen molar-refractivity contribution in [3.63, 3.8) is 0 Å². The SMILES string of the molecule is CCc1cc(CC)cc(-c2c(O)cccc2O)c1. The summed E-state index contributed by atoms with van der Waals surface area (Å²) in [5.41, 5.74) is 3.82. The Balaban J connectivity index is 2.63. The zero-order valence-electron chi connectivity index (χ0n) is 10.8. The van der Waals surface area contributed by atoms with Crippen molar-refractivity contribution in [1.29, 1.82) is 0 Å². The van der Waals surface area contributed by atoms with Crippen molar-refractivity contribution in [1.82, 2.24) is 0 Å². The lowest BCUT2D eigenvalue weighted by Crippen LogP contribution is -1.89. The first-order valence-corrected chi connectivity index (χ1v) is 6.29. The molecular formula is C16H18O2. The highest BCUT2D eigenvalue weighted by atomic mass is 16.3. The lowest BCUT2D eigenvalue weighted by molar-refractivity contribution is 0.454. The first-order valence-electron chi connectivity index (χ1n) is 6.29. The topological polar surface area (TPSA) is 40.5 Å². The molecule has 0 aliphatic rings. The van der Waals surface area contributed by atoms with Crippen LogP contribution in [0.2, 0.25) is 0 Å². The summed E-state index contributed by atoms with van der Waals surface area (Å²) in [6, 6.07) is 11.0. The van der Waals surface area contributed by atoms with Crippen LogP contribution in [0.3, 0.4) is 0 Å². The molecule has 2 N–H and O–H groups in total. The van der Waals surface area contributed by atoms with E-state index in [2.05, 4.69) is 19.9 Å². The van der Waals surface area contributed by atoms with Crippen molar-refractivity contribution in [2.75, 3.05) is 0 Å². The molecule has 0 atom stereocenters. The molecule has 0 unspecified atom stereocenters. The van der Waals surface area contributed by atoms with Crippen LogP contribution in [-0.2, 0) is 12.8 Å². The summed E-state index contributed by atoms with van der Waals surface area (Å²) >= 11 is 0. The summed E-state index contributed by atoms with van der Waals surface area (Å²) in [4.78, 5) is 0. The number of hydrogen-bond donors (Lipinski definition) is 2. The number of aryl methyl sites for hydroxylation is 2. The van der Waals surface area contributed by atoms with E-state index in [0.29, 0.717) is 5.56 Å². The largest absolute Gasteiger partial charge is 0.507 e. The fourth-order valence-electron chi connectivity index (χ4n) is 2.14. The Morgan fingerprint density at radius 3 is 1.78 bits per heavy atom. The smallest absolute Gasteiger partial charge is 0.127 e. The first kappa shape index (κ1) is 12.5. The van der Waals surface area contributed by atoms with Gasteiger partial charge < -0.3 is 10.2 Å². The summed E-state index contributed by atoms with van der Waals surface area (Å²) in [5.74, 6) is 0.232. The Bertz CT molecular complexity index is 517. The van der Waals surface area contributed by atoms with Crippen LogP contribution in [0.5, 0.6) is 11.5 Å². The lowest BCUT2D eigenvalue weighted by atomic mass is 9.96. The molecule has 0 radical (unpaired) electrons. The van der Waals surface area contributed by atoms with Crippen molar-refractivity contribution in [2.45, 2.75) is 26.7 Å². The number of phenols is 2. The van der Waals surface area contributed by atoms with Crippen LogP contribution in [0, 0.1) is 0 Å². The molecule has 0 fully saturated rings. The molecule has 2 rings (SSSR count). The van der Waals surface area contributed by atoms with E-state index < -0.39 is 0 Å². The van der Waals surface area contributed by atoms with E-state index in [1.807, 2.05) is 12.1 Å². The maximum absolute atomic E-state index is 9.91. The van der Waals surface area contributed by atoms with E-state index >= 15 is 0 Å². The van der Waals surface area contributed by atoms with Gasteiger partial charge in [-0.2, -0.15) is 0 Å². The van der Waals surface area contributed by atoms with E-state index in [0.717, 1.165) is 18.4 Å². The fraction of sp³-hybridized carbons (Fsp3) is 0.250. The molecule has 0 amide bonds. The zero-order valence-corrected chi connectivity index (χ0v) is 10.8. The molecule has 2 aromatic carbocycles. The molecule has 0 aliphatic carbocycles. The van der Waals surface area contributed by atoms with E-state index in [4.69, 9.17) is 0 Å². The number of aromatic hydroxyl groups is 2. The lowest BCUT2D eigenvalue weighted by Gasteiger charge is -2.11. The van der Waals surface area contributed by atoms with Gasteiger partial charge in [-0.15, -0.1) is 0 Å². The van der Waals surface area contributed by atoms with Gasteiger partial charge in [0.05, 0.1) is 5.56 Å². The molecular weight excluding hydrogens is 224 g/mol. The second kappa shape index (κ2) is 5.13. The Kier molecular flexibility index (Phi) is 3.56. The van der Waals surface area contributed by atoms with Gasteiger partial charge in [0.25, 0.3) is 0 Å². The van der Waals surface area contributed by atoms with Crippen molar-refractivity contribution in [3.8, 4) is 22.6 Å². The summed E-state index contributed by atoms with van der Waals surface area (Å²) in [6.45, 7) is 4.20. The molecule has 0 bridgehead atoms. The Labute approximate surface area is 108 Å². The monoisotopic (exact) mass is 242 g/mol. The third-order valence-electron chi connectivity index (χ3n) is 3.18. The minimum Gasteiger partial charge on any atom is -0.507 e. The van der Waals surface area contributed by atoms with E-state index in [9.17, 15) is 10.2 Å². The molecule has 0 saturated heterocycles. The normalized spacial score (nSPS) is 10.6. The van der Waals surface area contributed by atoms with Crippen LogP contribution in [0.1, 0.15) is 25.0 Å². The van der Waals surface area contributed by atoms with Gasteiger partial charge in [0, 0.05) is 0 Å². The van der Waals surface area contributed by atoms with Gasteiger partial charge in [0.2, 0.25) is 0 Å². The third-order valence-corrected chi connectivity index (χ3v) is 3.18. The minimum atomic E-state index is 0.116. The molecule has 0 aromatic heterocycles. The maximum Gasteiger partial charge on any atom is 0.127 e. The average Bonchev–Trinajstić information content (AvgIpc) is 2.38. The predicted octanol–water partition coefficient (Wildman–Crippen LogP) is 3.89. The molecule has 94 valence electrons. The summed E-state index contributed by atoms with van der Waals surface area (Å²) < 4.78 is 0. The van der Waals surface area contributed by atoms with E-state index in [1.165, 1.54) is 11.1 Å². The molecule has 0 aliphatic heterocycles. The van der Waals surface area contributed by atoms with Gasteiger partial charge in [0.1, 0.15) is 11.5 Å². The fourth-order valence-corrected chi connectivity index (χ4v) is 2.14. The molecule has 0 saturated carbocycles. The molecule has 2 nitrogen and oxygen atoms in total. The van der Waals surface area contributed by atoms with Crippen molar-refractivity contribution in [3.05, 3.63) is 47.5 Å². The maximum atomic E-state index is 9.91. The third kappa shape index (κ3) is 2.33. The Morgan fingerprint density at radius 1 is 0.833 bits per heavy atom. The second-order valence-corrected chi connectivity index (χ2v) is 4.42. The van der Waals surface area contributed by atoms with Gasteiger partial charge in [0.15, 0.2) is 0 Å². The standard InChI is InChI=1S/C16H18O2/c1-3-11-8-12(4-2)10-13(9-11)16-14(17)6-5-7-15(16)18/h5-10,17-18H,3-4H2,1-2H3. The average molecular weight is 242 g/mol. The van der Waals surface area contributed by atoms with Gasteiger partial charge >= 0.3 is 0 Å². The Hall–Kier alpha value is -1.96. The molecule has 2 heteroatoms. The molecule has 18 heavy (non-hydrogen) atoms. The van der Waals surface area contributed by atoms with Crippen LogP contribution >= 0.6 is 0 Å². The predicted molar refractivity (Wildman–Crippen MR) is 74.0 cm³/mol. The molecule has 0 spiro atoms. The summed E-state index contributed by atoms with van der Waals surface area (Å²) in [6.07, 6.45) is 1.88. The van der Waals surface area contributed by atoms with E-state index in [-0.39, 0.29) is 11.5 Å².